The van der Waals surface area contributed by atoms with Gasteiger partial charge in [0.25, 0.3) is 5.91 Å². The topological polar surface area (TPSA) is 109 Å². The van der Waals surface area contributed by atoms with Gasteiger partial charge in [-0.3, -0.25) is 9.78 Å². The van der Waals surface area contributed by atoms with Crippen molar-refractivity contribution in [1.29, 1.82) is 0 Å². The summed E-state index contributed by atoms with van der Waals surface area (Å²) in [6, 6.07) is 12.1. The summed E-state index contributed by atoms with van der Waals surface area (Å²) in [5.41, 5.74) is 5.10. The van der Waals surface area contributed by atoms with E-state index in [0.717, 1.165) is 54.2 Å². The van der Waals surface area contributed by atoms with Gasteiger partial charge < -0.3 is 29.6 Å². The van der Waals surface area contributed by atoms with Crippen LogP contribution in [0, 0.1) is 0 Å². The minimum atomic E-state index is 0. The van der Waals surface area contributed by atoms with Gasteiger partial charge in [0.15, 0.2) is 5.82 Å². The van der Waals surface area contributed by atoms with Crippen LogP contribution in [0.5, 0.6) is 0 Å². The van der Waals surface area contributed by atoms with Gasteiger partial charge in [0.05, 0.1) is 35.7 Å². The lowest BCUT2D eigenvalue weighted by Gasteiger charge is -2.36. The van der Waals surface area contributed by atoms with Crippen LogP contribution < -0.4 is 15.5 Å². The molecule has 2 N–H and O–H groups in total. The number of fused-ring (bicyclic) bond motifs is 1. The number of rotatable bonds is 6. The van der Waals surface area contributed by atoms with E-state index in [1.54, 1.807) is 18.5 Å². The molecule has 5 heterocycles. The molecule has 3 aromatic heterocycles. The molecule has 38 heavy (non-hydrogen) atoms. The van der Waals surface area contributed by atoms with Crippen LogP contribution in [0.2, 0.25) is 0 Å². The number of benzene rings is 1. The Morgan fingerprint density at radius 2 is 1.89 bits per heavy atom. The molecule has 0 unspecified atom stereocenters. The van der Waals surface area contributed by atoms with Crippen molar-refractivity contribution in [3.63, 3.8) is 0 Å². The Morgan fingerprint density at radius 1 is 1.08 bits per heavy atom. The zero-order valence-electron chi connectivity index (χ0n) is 21.0. The minimum absolute atomic E-state index is 0. The van der Waals surface area contributed by atoms with Gasteiger partial charge in [0, 0.05) is 69.5 Å². The SMILES string of the molecule is O=C(c1ccoc1)N1CCN(c2ccc(-c3cc4nccnc4c(NC[C@@H]4CNCCO4)n3)cc2)CC1.S. The molecule has 2 saturated heterocycles. The highest BCUT2D eigenvalue weighted by Gasteiger charge is 2.23. The molecule has 198 valence electrons. The van der Waals surface area contributed by atoms with Crippen molar-refractivity contribution in [1.82, 2.24) is 25.2 Å². The van der Waals surface area contributed by atoms with E-state index in [1.165, 1.54) is 12.5 Å². The first-order valence-electron chi connectivity index (χ1n) is 12.6. The number of ether oxygens (including phenoxy) is 1. The van der Waals surface area contributed by atoms with Crippen LogP contribution in [0.3, 0.4) is 0 Å². The summed E-state index contributed by atoms with van der Waals surface area (Å²) in [4.78, 5) is 30.7. The van der Waals surface area contributed by atoms with Crippen molar-refractivity contribution in [2.75, 3.05) is 62.6 Å². The number of amides is 1. The van der Waals surface area contributed by atoms with E-state index in [0.29, 0.717) is 37.6 Å². The van der Waals surface area contributed by atoms with Crippen LogP contribution in [0.4, 0.5) is 11.5 Å². The Kier molecular flexibility index (Phi) is 8.06. The third-order valence-electron chi connectivity index (χ3n) is 6.82. The third-order valence-corrected chi connectivity index (χ3v) is 6.82. The second-order valence-corrected chi connectivity index (χ2v) is 9.20. The number of nitrogens with zero attached hydrogens (tertiary/aromatic N) is 5. The number of hydrogen-bond acceptors (Lipinski definition) is 9. The van der Waals surface area contributed by atoms with Gasteiger partial charge in [-0.05, 0) is 24.3 Å². The highest BCUT2D eigenvalue weighted by molar-refractivity contribution is 7.59. The van der Waals surface area contributed by atoms with E-state index in [2.05, 4.69) is 49.8 Å². The molecule has 4 aromatic rings. The lowest BCUT2D eigenvalue weighted by atomic mass is 10.1. The van der Waals surface area contributed by atoms with Crippen LogP contribution in [-0.2, 0) is 4.74 Å². The molecular weight excluding hydrogens is 502 g/mol. The average molecular weight is 534 g/mol. The average Bonchev–Trinajstić information content (AvgIpc) is 3.51. The molecule has 6 rings (SSSR count). The number of aromatic nitrogens is 3. The highest BCUT2D eigenvalue weighted by Crippen LogP contribution is 2.28. The van der Waals surface area contributed by atoms with E-state index in [1.807, 2.05) is 11.0 Å². The number of anilines is 2. The summed E-state index contributed by atoms with van der Waals surface area (Å²) < 4.78 is 10.9. The van der Waals surface area contributed by atoms with Crippen molar-refractivity contribution in [3.8, 4) is 11.3 Å². The summed E-state index contributed by atoms with van der Waals surface area (Å²) in [7, 11) is 0. The standard InChI is InChI=1S/C27H29N7O3.H2S/c35-27(20-5-13-36-18-20)34-11-9-33(10-12-34)21-3-1-19(2-4-21)23-15-24-25(30-7-6-29-24)26(32-23)31-17-22-16-28-8-14-37-22;/h1-7,13,15,18,22,28H,8-12,14,16-17H2,(H,31,32);1H2/t22-;/m0./s1. The third kappa shape index (κ3) is 5.59. The fourth-order valence-corrected chi connectivity index (χ4v) is 4.78. The molecule has 0 bridgehead atoms. The summed E-state index contributed by atoms with van der Waals surface area (Å²) in [5.74, 6) is 0.724. The first-order chi connectivity index (χ1) is 18.2. The molecule has 0 aliphatic carbocycles. The van der Waals surface area contributed by atoms with E-state index in [4.69, 9.17) is 14.1 Å². The Labute approximate surface area is 227 Å². The van der Waals surface area contributed by atoms with Crippen molar-refractivity contribution >= 4 is 41.9 Å². The van der Waals surface area contributed by atoms with E-state index >= 15 is 0 Å². The molecule has 10 nitrogen and oxygen atoms in total. The molecule has 2 aliphatic heterocycles. The second-order valence-electron chi connectivity index (χ2n) is 9.20. The maximum Gasteiger partial charge on any atom is 0.257 e. The summed E-state index contributed by atoms with van der Waals surface area (Å²) in [6.07, 6.45) is 6.50. The molecule has 2 fully saturated rings. The number of piperazine rings is 1. The number of pyridine rings is 1. The predicted octanol–water partition coefficient (Wildman–Crippen LogP) is 2.76. The van der Waals surface area contributed by atoms with E-state index < -0.39 is 0 Å². The van der Waals surface area contributed by atoms with E-state index in [-0.39, 0.29) is 25.5 Å². The summed E-state index contributed by atoms with van der Waals surface area (Å²) >= 11 is 0. The van der Waals surface area contributed by atoms with Gasteiger partial charge >= 0.3 is 0 Å². The van der Waals surface area contributed by atoms with Crippen molar-refractivity contribution < 1.29 is 13.9 Å². The molecule has 0 radical (unpaired) electrons. The monoisotopic (exact) mass is 533 g/mol. The van der Waals surface area contributed by atoms with Gasteiger partial charge in [-0.15, -0.1) is 0 Å². The van der Waals surface area contributed by atoms with Crippen molar-refractivity contribution in [2.24, 2.45) is 0 Å². The summed E-state index contributed by atoms with van der Waals surface area (Å²) in [6.45, 7) is 5.94. The van der Waals surface area contributed by atoms with Crippen LogP contribution in [0.15, 0.2) is 65.7 Å². The van der Waals surface area contributed by atoms with Crippen LogP contribution in [0.25, 0.3) is 22.3 Å². The lowest BCUT2D eigenvalue weighted by molar-refractivity contribution is 0.0372. The smallest absolute Gasteiger partial charge is 0.257 e. The molecular formula is C27H31N7O3S. The van der Waals surface area contributed by atoms with Crippen molar-refractivity contribution in [3.05, 3.63) is 66.9 Å². The molecule has 2 aliphatic rings. The maximum atomic E-state index is 12.6. The van der Waals surface area contributed by atoms with Crippen LogP contribution >= 0.6 is 13.5 Å². The fourth-order valence-electron chi connectivity index (χ4n) is 4.78. The van der Waals surface area contributed by atoms with E-state index in [9.17, 15) is 4.79 Å². The number of nitrogens with one attached hydrogen (secondary N) is 2. The summed E-state index contributed by atoms with van der Waals surface area (Å²) in [5, 5.41) is 6.78. The first-order valence-corrected chi connectivity index (χ1v) is 12.6. The zero-order chi connectivity index (χ0) is 25.0. The zero-order valence-corrected chi connectivity index (χ0v) is 22.0. The normalized spacial score (nSPS) is 17.7. The van der Waals surface area contributed by atoms with Gasteiger partial charge in [0.2, 0.25) is 0 Å². The Morgan fingerprint density at radius 3 is 2.63 bits per heavy atom. The van der Waals surface area contributed by atoms with Gasteiger partial charge in [0.1, 0.15) is 11.8 Å². The van der Waals surface area contributed by atoms with Crippen LogP contribution in [0.1, 0.15) is 10.4 Å². The predicted molar refractivity (Wildman–Crippen MR) is 151 cm³/mol. The van der Waals surface area contributed by atoms with Crippen molar-refractivity contribution in [2.45, 2.75) is 6.10 Å². The molecule has 11 heteroatoms. The highest BCUT2D eigenvalue weighted by atomic mass is 32.1. The number of carbonyl (C=O) groups is 1. The molecule has 1 aromatic carbocycles. The Balaban J connectivity index is 0.00000294. The molecule has 0 spiro atoms. The Hall–Kier alpha value is -3.67. The maximum absolute atomic E-state index is 12.6. The molecule has 1 amide bonds. The number of carbonyl (C=O) groups excluding carboxylic acids is 1. The van der Waals surface area contributed by atoms with Crippen LogP contribution in [-0.4, -0.2) is 84.3 Å². The van der Waals surface area contributed by atoms with Gasteiger partial charge in [-0.25, -0.2) is 9.97 Å². The second kappa shape index (κ2) is 11.8. The minimum Gasteiger partial charge on any atom is -0.472 e. The number of hydrogen-bond donors (Lipinski definition) is 2. The first kappa shape index (κ1) is 26.0. The quantitative estimate of drug-likeness (QED) is 0.387. The number of morpholine rings is 1. The van der Waals surface area contributed by atoms with Gasteiger partial charge in [-0.1, -0.05) is 12.1 Å². The fraction of sp³-hybridized carbons (Fsp3) is 0.333. The molecule has 1 atom stereocenters. The molecule has 0 saturated carbocycles. The number of furan rings is 1. The largest absolute Gasteiger partial charge is 0.472 e. The Bertz CT molecular complexity index is 1350. The lowest BCUT2D eigenvalue weighted by Crippen LogP contribution is -2.48. The van der Waals surface area contributed by atoms with Gasteiger partial charge in [-0.2, -0.15) is 13.5 Å².